The van der Waals surface area contributed by atoms with E-state index in [2.05, 4.69) is 0 Å². The van der Waals surface area contributed by atoms with Gasteiger partial charge in [0.05, 0.1) is 0 Å². The fraction of sp³-hybridized carbons (Fsp3) is 0. The van der Waals surface area contributed by atoms with E-state index in [1.807, 2.05) is 0 Å². The molecule has 0 saturated heterocycles. The van der Waals surface area contributed by atoms with E-state index >= 15 is 0 Å². The molecule has 4 heavy (non-hydrogen) atoms. The Labute approximate surface area is 59.9 Å². The molecule has 0 fully saturated rings. The third-order valence-corrected chi connectivity index (χ3v) is 0. The Balaban J connectivity index is -0.00000000500. The molecule has 0 atom stereocenters. The summed E-state index contributed by atoms with van der Waals surface area (Å²) in [4.78, 5) is 0. The van der Waals surface area contributed by atoms with Gasteiger partial charge in [0.1, 0.15) is 0 Å². The van der Waals surface area contributed by atoms with Gasteiger partial charge in [-0.25, -0.2) is 0 Å². The molecule has 0 aromatic heterocycles. The second-order valence-corrected chi connectivity index (χ2v) is 0. The van der Waals surface area contributed by atoms with Crippen molar-refractivity contribution >= 4 is 0 Å². The minimum Gasteiger partial charge on any atom is 0 e. The molecular formula is CoOTiZn. The fourth-order valence-electron chi connectivity index (χ4n) is 0. The van der Waals surface area contributed by atoms with Gasteiger partial charge < -0.3 is 0 Å². The number of hydrogen-bond acceptors (Lipinski definition) is 1. The summed E-state index contributed by atoms with van der Waals surface area (Å²) >= 11 is 0.125. The zero-order valence-corrected chi connectivity index (χ0v) is 7.52. The minimum atomic E-state index is 0. The summed E-state index contributed by atoms with van der Waals surface area (Å²) in [6.07, 6.45) is 0. The van der Waals surface area contributed by atoms with Crippen LogP contribution >= 0.6 is 0 Å². The van der Waals surface area contributed by atoms with Crippen LogP contribution in [0.3, 0.4) is 0 Å². The van der Waals surface area contributed by atoms with Crippen LogP contribution in [0.2, 0.25) is 0 Å². The second-order valence-electron chi connectivity index (χ2n) is 0. The molecule has 0 saturated carbocycles. The van der Waals surface area contributed by atoms with E-state index in [1.165, 1.54) is 0 Å². The summed E-state index contributed by atoms with van der Waals surface area (Å²) in [5.74, 6) is 0. The Morgan fingerprint density at radius 3 is 1.25 bits per heavy atom. The van der Waals surface area contributed by atoms with E-state index in [1.54, 1.807) is 0 Å². The Morgan fingerprint density at radius 2 is 1.25 bits per heavy atom. The van der Waals surface area contributed by atoms with Crippen molar-refractivity contribution in [2.75, 3.05) is 0 Å². The third-order valence-electron chi connectivity index (χ3n) is 0. The van der Waals surface area contributed by atoms with Crippen molar-refractivity contribution in [1.82, 2.24) is 0 Å². The molecule has 4 heteroatoms. The van der Waals surface area contributed by atoms with Crippen molar-refractivity contribution in [3.63, 3.8) is 0 Å². The van der Waals surface area contributed by atoms with Crippen LogP contribution in [0, 0.1) is 0 Å². The monoisotopic (exact) mass is 187 g/mol. The van der Waals surface area contributed by atoms with Crippen LogP contribution < -0.4 is 0 Å². The van der Waals surface area contributed by atoms with Crippen LogP contribution in [-0.4, -0.2) is 0 Å². The number of rotatable bonds is 0. The Kier molecular flexibility index (Phi) is 99.3. The van der Waals surface area contributed by atoms with E-state index in [0.717, 1.165) is 0 Å². The normalized spacial score (nSPS) is 1.50. The maximum Gasteiger partial charge on any atom is 0 e. The van der Waals surface area contributed by atoms with Crippen molar-refractivity contribution in [3.8, 4) is 0 Å². The third kappa shape index (κ3) is 9.43. The molecule has 1 nitrogen and oxygen atoms in total. The van der Waals surface area contributed by atoms with Crippen LogP contribution in [0.5, 0.6) is 0 Å². The molecule has 0 aliphatic heterocycles. The molecule has 0 spiro atoms. The molecule has 0 aliphatic carbocycles. The van der Waals surface area contributed by atoms with Gasteiger partial charge in [-0.2, -0.15) is 0 Å². The van der Waals surface area contributed by atoms with Gasteiger partial charge in [0.25, 0.3) is 0 Å². The van der Waals surface area contributed by atoms with Gasteiger partial charge in [0, 0.05) is 38.5 Å². The number of hydrogen-bond donors (Lipinski definition) is 0. The molecule has 0 aromatic carbocycles. The van der Waals surface area contributed by atoms with Crippen LogP contribution in [-0.2, 0) is 60.3 Å². The average molecular weight is 188 g/mol. The zero-order chi connectivity index (χ0) is 2.00. The molecule has 0 aliphatic rings. The molecule has 0 unspecified atom stereocenters. The first-order valence-electron chi connectivity index (χ1n) is 0.289. The molecule has 21 valence electrons. The van der Waals surface area contributed by atoms with Crippen LogP contribution in [0.15, 0.2) is 0 Å². The van der Waals surface area contributed by atoms with Crippen LogP contribution in [0.1, 0.15) is 0 Å². The van der Waals surface area contributed by atoms with Crippen molar-refractivity contribution in [3.05, 3.63) is 0 Å². The smallest absolute Gasteiger partial charge is 0 e. The Morgan fingerprint density at radius 1 is 1.25 bits per heavy atom. The zero-order valence-electron chi connectivity index (χ0n) is 1.95. The summed E-state index contributed by atoms with van der Waals surface area (Å²) in [6, 6.07) is 0. The van der Waals surface area contributed by atoms with Crippen molar-refractivity contribution in [2.45, 2.75) is 0 Å². The molecule has 0 N–H and O–H groups in total. The first kappa shape index (κ1) is 17.4. The maximum atomic E-state index is 8.38. The van der Waals surface area contributed by atoms with E-state index in [-0.39, 0.29) is 56.7 Å². The molecule has 0 rings (SSSR count). The van der Waals surface area contributed by atoms with Gasteiger partial charge in [0.2, 0.25) is 0 Å². The summed E-state index contributed by atoms with van der Waals surface area (Å²) in [5.41, 5.74) is 0. The van der Waals surface area contributed by atoms with Gasteiger partial charge in [-0.15, -0.1) is 0 Å². The predicted molar refractivity (Wildman–Crippen MR) is 0.686 cm³/mol. The van der Waals surface area contributed by atoms with Crippen molar-refractivity contribution < 1.29 is 60.3 Å². The fourth-order valence-corrected chi connectivity index (χ4v) is 0. The van der Waals surface area contributed by atoms with Crippen LogP contribution in [0.4, 0.5) is 0 Å². The SMILES string of the molecule is [Co].[O]=[Zn].[Ti]. The van der Waals surface area contributed by atoms with Crippen molar-refractivity contribution in [1.29, 1.82) is 0 Å². The molecule has 0 bridgehead atoms. The Hall–Kier alpha value is 1.64. The summed E-state index contributed by atoms with van der Waals surface area (Å²) in [5, 5.41) is 0. The van der Waals surface area contributed by atoms with Crippen LogP contribution in [0.25, 0.3) is 0 Å². The van der Waals surface area contributed by atoms with E-state index in [0.29, 0.717) is 0 Å². The van der Waals surface area contributed by atoms with E-state index in [9.17, 15) is 0 Å². The molecule has 1 radical (unpaired) electrons. The van der Waals surface area contributed by atoms with Gasteiger partial charge in [-0.1, -0.05) is 0 Å². The average Bonchev–Trinajstić information content (AvgIpc) is 1.00. The van der Waals surface area contributed by atoms with Crippen molar-refractivity contribution in [2.24, 2.45) is 0 Å². The van der Waals surface area contributed by atoms with Gasteiger partial charge >= 0.3 is 21.8 Å². The summed E-state index contributed by atoms with van der Waals surface area (Å²) in [6.45, 7) is 0. The van der Waals surface area contributed by atoms with Gasteiger partial charge in [-0.05, 0) is 0 Å². The summed E-state index contributed by atoms with van der Waals surface area (Å²) in [7, 11) is 0. The molecule has 0 aromatic rings. The first-order valence-corrected chi connectivity index (χ1v) is 1.50. The minimum absolute atomic E-state index is 0. The van der Waals surface area contributed by atoms with E-state index in [4.69, 9.17) is 3.57 Å². The molecule has 0 amide bonds. The Bertz CT molecular complexity index is 8.00. The first-order chi connectivity index (χ1) is 1.00. The largest absolute Gasteiger partial charge is 0 e. The summed E-state index contributed by atoms with van der Waals surface area (Å²) < 4.78 is 8.38. The standard InChI is InChI=1S/Co.O.Ti.Zn. The predicted octanol–water partition coefficient (Wildman–Crippen LogP) is -0.126. The topological polar surface area (TPSA) is 17.1 Å². The van der Waals surface area contributed by atoms with Gasteiger partial charge in [-0.3, -0.25) is 0 Å². The van der Waals surface area contributed by atoms with E-state index < -0.39 is 0 Å². The van der Waals surface area contributed by atoms with Gasteiger partial charge in [0.15, 0.2) is 0 Å². The molecule has 0 heterocycles. The maximum absolute atomic E-state index is 8.38. The molecular weight excluding hydrogens is 188 g/mol. The second kappa shape index (κ2) is 22.8. The quantitative estimate of drug-likeness (QED) is 0.484.